The van der Waals surface area contributed by atoms with Crippen LogP contribution in [0.25, 0.3) is 0 Å². The third kappa shape index (κ3) is 4.15. The third-order valence-corrected chi connectivity index (χ3v) is 6.36. The van der Waals surface area contributed by atoms with Gasteiger partial charge in [-0.05, 0) is 25.5 Å². The first kappa shape index (κ1) is 17.0. The van der Waals surface area contributed by atoms with Crippen LogP contribution < -0.4 is 5.32 Å². The topological polar surface area (TPSA) is 94.0 Å². The second kappa shape index (κ2) is 6.94. The number of aromatic nitrogens is 3. The summed E-state index contributed by atoms with van der Waals surface area (Å²) < 4.78 is 25.0. The molecule has 1 amide bonds. The standard InChI is InChI=1S/C15H18N4O3S2/c1-11-8-13(19(18-11)12-5-7-24(21,22)10-12)17-14(20)9-23-15-4-2-3-6-16-15/h2-4,6,8,12H,5,7,9-10H2,1H3,(H,17,20). The number of thioether (sulfide) groups is 1. The summed E-state index contributed by atoms with van der Waals surface area (Å²) in [6, 6.07) is 7.07. The number of nitrogens with one attached hydrogen (secondary N) is 1. The number of nitrogens with zero attached hydrogens (tertiary/aromatic N) is 3. The van der Waals surface area contributed by atoms with E-state index in [0.717, 1.165) is 10.7 Å². The molecule has 1 aliphatic heterocycles. The van der Waals surface area contributed by atoms with Crippen molar-refractivity contribution in [3.63, 3.8) is 0 Å². The van der Waals surface area contributed by atoms with Crippen LogP contribution >= 0.6 is 11.8 Å². The Morgan fingerprint density at radius 3 is 2.96 bits per heavy atom. The Morgan fingerprint density at radius 1 is 1.46 bits per heavy atom. The van der Waals surface area contributed by atoms with E-state index in [9.17, 15) is 13.2 Å². The molecule has 24 heavy (non-hydrogen) atoms. The molecule has 1 saturated heterocycles. The summed E-state index contributed by atoms with van der Waals surface area (Å²) in [6.07, 6.45) is 2.20. The molecule has 0 bridgehead atoms. The maximum Gasteiger partial charge on any atom is 0.235 e. The van der Waals surface area contributed by atoms with E-state index in [4.69, 9.17) is 0 Å². The smallest absolute Gasteiger partial charge is 0.235 e. The van der Waals surface area contributed by atoms with Gasteiger partial charge in [-0.15, -0.1) is 0 Å². The number of sulfone groups is 1. The lowest BCUT2D eigenvalue weighted by Gasteiger charge is -2.13. The number of hydrogen-bond acceptors (Lipinski definition) is 6. The first-order valence-corrected chi connectivity index (χ1v) is 10.3. The summed E-state index contributed by atoms with van der Waals surface area (Å²) in [4.78, 5) is 16.3. The Bertz CT molecular complexity index is 834. The number of anilines is 1. The lowest BCUT2D eigenvalue weighted by atomic mass is 10.3. The average Bonchev–Trinajstić information content (AvgIpc) is 3.08. The minimum Gasteiger partial charge on any atom is -0.310 e. The van der Waals surface area contributed by atoms with Gasteiger partial charge in [0.15, 0.2) is 9.84 Å². The molecule has 1 unspecified atom stereocenters. The second-order valence-corrected chi connectivity index (χ2v) is 8.90. The molecule has 9 heteroatoms. The van der Waals surface area contributed by atoms with E-state index in [1.54, 1.807) is 16.9 Å². The Balaban J connectivity index is 1.66. The van der Waals surface area contributed by atoms with Crippen LogP contribution in [-0.4, -0.2) is 46.3 Å². The zero-order chi connectivity index (χ0) is 17.2. The summed E-state index contributed by atoms with van der Waals surface area (Å²) in [7, 11) is -3.01. The molecule has 1 N–H and O–H groups in total. The van der Waals surface area contributed by atoms with Crippen LogP contribution in [0.1, 0.15) is 18.2 Å². The van der Waals surface area contributed by atoms with Crippen molar-refractivity contribution in [2.75, 3.05) is 22.6 Å². The molecule has 0 spiro atoms. The third-order valence-electron chi connectivity index (χ3n) is 3.67. The van der Waals surface area contributed by atoms with Crippen molar-refractivity contribution >= 4 is 33.3 Å². The zero-order valence-corrected chi connectivity index (χ0v) is 14.8. The molecule has 2 aromatic heterocycles. The van der Waals surface area contributed by atoms with Gasteiger partial charge in [0.05, 0.1) is 34.0 Å². The summed E-state index contributed by atoms with van der Waals surface area (Å²) in [6.45, 7) is 1.82. The number of rotatable bonds is 5. The quantitative estimate of drug-likeness (QED) is 0.809. The number of aryl methyl sites for hydroxylation is 1. The van der Waals surface area contributed by atoms with Crippen molar-refractivity contribution in [1.82, 2.24) is 14.8 Å². The Kier molecular flexibility index (Phi) is 4.91. The van der Waals surface area contributed by atoms with Crippen LogP contribution in [0.2, 0.25) is 0 Å². The number of pyridine rings is 1. The van der Waals surface area contributed by atoms with Gasteiger partial charge in [-0.25, -0.2) is 18.1 Å². The van der Waals surface area contributed by atoms with E-state index in [-0.39, 0.29) is 29.2 Å². The van der Waals surface area contributed by atoms with Gasteiger partial charge in [0.2, 0.25) is 5.91 Å². The lowest BCUT2D eigenvalue weighted by Crippen LogP contribution is -2.20. The van der Waals surface area contributed by atoms with Gasteiger partial charge in [0.25, 0.3) is 0 Å². The maximum absolute atomic E-state index is 12.2. The maximum atomic E-state index is 12.2. The van der Waals surface area contributed by atoms with Crippen molar-refractivity contribution in [3.05, 3.63) is 36.2 Å². The predicted octanol–water partition coefficient (Wildman–Crippen LogP) is 1.68. The SMILES string of the molecule is Cc1cc(NC(=O)CSc2ccccn2)n(C2CCS(=O)(=O)C2)n1. The van der Waals surface area contributed by atoms with Gasteiger partial charge in [0, 0.05) is 12.3 Å². The molecule has 1 fully saturated rings. The van der Waals surface area contributed by atoms with Crippen LogP contribution in [0.5, 0.6) is 0 Å². The number of amides is 1. The fourth-order valence-electron chi connectivity index (χ4n) is 2.61. The summed E-state index contributed by atoms with van der Waals surface area (Å²) in [5, 5.41) is 7.95. The minimum atomic E-state index is -3.01. The van der Waals surface area contributed by atoms with E-state index >= 15 is 0 Å². The monoisotopic (exact) mass is 366 g/mol. The molecule has 128 valence electrons. The van der Waals surface area contributed by atoms with Gasteiger partial charge in [0.1, 0.15) is 5.82 Å². The van der Waals surface area contributed by atoms with Gasteiger partial charge < -0.3 is 5.32 Å². The number of hydrogen-bond donors (Lipinski definition) is 1. The van der Waals surface area contributed by atoms with E-state index in [1.165, 1.54) is 11.8 Å². The Hall–Kier alpha value is -1.87. The highest BCUT2D eigenvalue weighted by atomic mass is 32.2. The van der Waals surface area contributed by atoms with Crippen molar-refractivity contribution in [1.29, 1.82) is 0 Å². The summed E-state index contributed by atoms with van der Waals surface area (Å²) in [5.74, 6) is 0.831. The first-order chi connectivity index (χ1) is 11.4. The fraction of sp³-hybridized carbons (Fsp3) is 0.400. The first-order valence-electron chi connectivity index (χ1n) is 7.53. The van der Waals surface area contributed by atoms with Gasteiger partial charge in [-0.1, -0.05) is 17.8 Å². The van der Waals surface area contributed by atoms with Gasteiger partial charge in [-0.3, -0.25) is 4.79 Å². The molecule has 7 nitrogen and oxygen atoms in total. The highest BCUT2D eigenvalue weighted by molar-refractivity contribution is 7.99. The van der Waals surface area contributed by atoms with Crippen LogP contribution in [-0.2, 0) is 14.6 Å². The van der Waals surface area contributed by atoms with Crippen LogP contribution in [0, 0.1) is 6.92 Å². The van der Waals surface area contributed by atoms with E-state index < -0.39 is 9.84 Å². The fourth-order valence-corrected chi connectivity index (χ4v) is 4.96. The molecule has 0 aromatic carbocycles. The predicted molar refractivity (Wildman–Crippen MR) is 92.9 cm³/mol. The molecular formula is C15H18N4O3S2. The molecule has 3 heterocycles. The average molecular weight is 366 g/mol. The minimum absolute atomic E-state index is 0.0691. The van der Waals surface area contributed by atoms with Crippen molar-refractivity contribution in [2.24, 2.45) is 0 Å². The molecule has 2 aromatic rings. The lowest BCUT2D eigenvalue weighted by molar-refractivity contribution is -0.113. The van der Waals surface area contributed by atoms with Gasteiger partial charge >= 0.3 is 0 Å². The molecule has 1 aliphatic rings. The molecule has 0 saturated carbocycles. The van der Waals surface area contributed by atoms with Crippen LogP contribution in [0.3, 0.4) is 0 Å². The van der Waals surface area contributed by atoms with E-state index in [1.807, 2.05) is 25.1 Å². The molecule has 1 atom stereocenters. The molecule has 0 radical (unpaired) electrons. The molecule has 3 rings (SSSR count). The normalized spacial score (nSPS) is 19.3. The van der Waals surface area contributed by atoms with Gasteiger partial charge in [-0.2, -0.15) is 5.10 Å². The zero-order valence-electron chi connectivity index (χ0n) is 13.2. The Morgan fingerprint density at radius 2 is 2.29 bits per heavy atom. The largest absolute Gasteiger partial charge is 0.310 e. The van der Waals surface area contributed by atoms with E-state index in [0.29, 0.717) is 12.2 Å². The molecule has 0 aliphatic carbocycles. The second-order valence-electron chi connectivity index (χ2n) is 5.68. The van der Waals surface area contributed by atoms with Crippen molar-refractivity contribution < 1.29 is 13.2 Å². The van der Waals surface area contributed by atoms with Crippen LogP contribution in [0.15, 0.2) is 35.5 Å². The van der Waals surface area contributed by atoms with Crippen molar-refractivity contribution in [3.8, 4) is 0 Å². The summed E-state index contributed by atoms with van der Waals surface area (Å²) in [5.41, 5.74) is 0.743. The van der Waals surface area contributed by atoms with Crippen molar-refractivity contribution in [2.45, 2.75) is 24.4 Å². The number of carbonyl (C=O) groups is 1. The Labute approximate surface area is 144 Å². The summed E-state index contributed by atoms with van der Waals surface area (Å²) >= 11 is 1.34. The highest BCUT2D eigenvalue weighted by Gasteiger charge is 2.31. The number of carbonyl (C=O) groups excluding carboxylic acids is 1. The highest BCUT2D eigenvalue weighted by Crippen LogP contribution is 2.27. The van der Waals surface area contributed by atoms with E-state index in [2.05, 4.69) is 15.4 Å². The molecular weight excluding hydrogens is 348 g/mol. The van der Waals surface area contributed by atoms with Crippen LogP contribution in [0.4, 0.5) is 5.82 Å².